The van der Waals surface area contributed by atoms with Gasteiger partial charge in [-0.25, -0.2) is 0 Å². The number of hydrogen-bond donors (Lipinski definition) is 0. The molecule has 3 atom stereocenters. The van der Waals surface area contributed by atoms with Crippen LogP contribution in [0, 0.1) is 11.8 Å². The molecule has 3 nitrogen and oxygen atoms in total. The lowest BCUT2D eigenvalue weighted by Gasteiger charge is -2.52. The lowest BCUT2D eigenvalue weighted by Crippen LogP contribution is -2.52. The fourth-order valence-corrected chi connectivity index (χ4v) is 3.40. The van der Waals surface area contributed by atoms with E-state index in [4.69, 9.17) is 9.47 Å². The fourth-order valence-electron chi connectivity index (χ4n) is 3.40. The summed E-state index contributed by atoms with van der Waals surface area (Å²) in [4.78, 5) is 11.5. The fraction of sp³-hybridized carbons (Fsp3) is 0.737. The van der Waals surface area contributed by atoms with E-state index in [1.165, 1.54) is 6.42 Å². The van der Waals surface area contributed by atoms with Crippen LogP contribution in [0.5, 0.6) is 0 Å². The number of hydrogen-bond acceptors (Lipinski definition) is 3. The van der Waals surface area contributed by atoms with Crippen molar-refractivity contribution in [3.63, 3.8) is 0 Å². The number of rotatable bonds is 6. The molecule has 0 aromatic rings. The molecular weight excluding hydrogens is 276 g/mol. The number of carbonyl (C=O) groups excluding carboxylic acids is 1. The quantitative estimate of drug-likeness (QED) is 0.538. The van der Waals surface area contributed by atoms with E-state index < -0.39 is 0 Å². The Morgan fingerprint density at radius 1 is 1.45 bits per heavy atom. The molecule has 1 aliphatic carbocycles. The third-order valence-electron chi connectivity index (χ3n) is 4.93. The average molecular weight is 306 g/mol. The zero-order valence-corrected chi connectivity index (χ0v) is 14.6. The van der Waals surface area contributed by atoms with Crippen LogP contribution in [0.15, 0.2) is 23.8 Å². The molecule has 3 aliphatic rings. The van der Waals surface area contributed by atoms with Gasteiger partial charge in [0, 0.05) is 5.92 Å². The van der Waals surface area contributed by atoms with Crippen LogP contribution in [0.2, 0.25) is 0 Å². The molecule has 2 heterocycles. The SMILES string of the molecule is CC(=CCCC1(C)OC2(C)C=CC1CC2)COC(=O)C(C)C. The molecule has 124 valence electrons. The maximum absolute atomic E-state index is 11.5. The summed E-state index contributed by atoms with van der Waals surface area (Å²) in [6.45, 7) is 10.5. The highest BCUT2D eigenvalue weighted by Gasteiger charge is 2.47. The van der Waals surface area contributed by atoms with Crippen LogP contribution >= 0.6 is 0 Å². The first-order chi connectivity index (χ1) is 10.2. The molecule has 0 saturated carbocycles. The lowest BCUT2D eigenvalue weighted by atomic mass is 9.71. The zero-order valence-electron chi connectivity index (χ0n) is 14.6. The second-order valence-corrected chi connectivity index (χ2v) is 7.58. The Morgan fingerprint density at radius 2 is 2.18 bits per heavy atom. The minimum Gasteiger partial charge on any atom is -0.461 e. The van der Waals surface area contributed by atoms with Crippen molar-refractivity contribution in [3.05, 3.63) is 23.8 Å². The normalized spacial score (nSPS) is 34.3. The molecule has 1 saturated heterocycles. The smallest absolute Gasteiger partial charge is 0.308 e. The Hall–Kier alpha value is -1.09. The van der Waals surface area contributed by atoms with E-state index >= 15 is 0 Å². The van der Waals surface area contributed by atoms with Crippen LogP contribution in [0.25, 0.3) is 0 Å². The molecule has 3 heteroatoms. The molecule has 22 heavy (non-hydrogen) atoms. The van der Waals surface area contributed by atoms with Gasteiger partial charge in [0.15, 0.2) is 0 Å². The Bertz CT molecular complexity index is 477. The van der Waals surface area contributed by atoms with Crippen LogP contribution in [0.3, 0.4) is 0 Å². The van der Waals surface area contributed by atoms with Crippen molar-refractivity contribution in [3.8, 4) is 0 Å². The summed E-state index contributed by atoms with van der Waals surface area (Å²) >= 11 is 0. The Balaban J connectivity index is 1.82. The highest BCUT2D eigenvalue weighted by Crippen LogP contribution is 2.47. The zero-order chi connectivity index (χ0) is 16.4. The third kappa shape index (κ3) is 4.01. The maximum Gasteiger partial charge on any atom is 0.308 e. The van der Waals surface area contributed by atoms with E-state index in [0.29, 0.717) is 12.5 Å². The van der Waals surface area contributed by atoms with Gasteiger partial charge in [0.05, 0.1) is 17.1 Å². The molecule has 0 spiro atoms. The summed E-state index contributed by atoms with van der Waals surface area (Å²) in [5.74, 6) is 0.331. The van der Waals surface area contributed by atoms with Crippen LogP contribution in [0.1, 0.15) is 60.3 Å². The second-order valence-electron chi connectivity index (χ2n) is 7.58. The first-order valence-electron chi connectivity index (χ1n) is 8.46. The van der Waals surface area contributed by atoms with Gasteiger partial charge in [0.25, 0.3) is 0 Å². The van der Waals surface area contributed by atoms with E-state index in [9.17, 15) is 4.79 Å². The summed E-state index contributed by atoms with van der Waals surface area (Å²) in [6.07, 6.45) is 11.1. The highest BCUT2D eigenvalue weighted by molar-refractivity contribution is 5.71. The number of esters is 1. The number of ether oxygens (including phenoxy) is 2. The first kappa shape index (κ1) is 17.3. The standard InChI is InChI=1S/C19H30O3/c1-14(2)17(20)21-13-15(3)7-6-10-19(5)16-8-11-18(4,22-19)12-9-16/h7-8,11,14,16H,6,9-10,12-13H2,1-5H3. The minimum atomic E-state index is -0.134. The summed E-state index contributed by atoms with van der Waals surface area (Å²) < 4.78 is 11.6. The maximum atomic E-state index is 11.5. The molecule has 0 radical (unpaired) electrons. The van der Waals surface area contributed by atoms with Gasteiger partial charge in [-0.05, 0) is 52.0 Å². The Labute approximate surface area is 134 Å². The second kappa shape index (κ2) is 6.57. The highest BCUT2D eigenvalue weighted by atomic mass is 16.5. The predicted molar refractivity (Wildman–Crippen MR) is 88.5 cm³/mol. The molecule has 0 aromatic heterocycles. The van der Waals surface area contributed by atoms with Gasteiger partial charge in [-0.2, -0.15) is 0 Å². The minimum absolute atomic E-state index is 0.0624. The molecule has 0 amide bonds. The third-order valence-corrected chi connectivity index (χ3v) is 4.93. The van der Waals surface area contributed by atoms with Crippen molar-refractivity contribution in [1.82, 2.24) is 0 Å². The number of carbonyl (C=O) groups is 1. The Kier molecular flexibility index (Phi) is 5.16. The molecule has 0 N–H and O–H groups in total. The van der Waals surface area contributed by atoms with Gasteiger partial charge >= 0.3 is 5.97 Å². The van der Waals surface area contributed by atoms with Crippen molar-refractivity contribution in [2.24, 2.45) is 11.8 Å². The van der Waals surface area contributed by atoms with Crippen LogP contribution < -0.4 is 0 Å². The van der Waals surface area contributed by atoms with Crippen LogP contribution in [-0.4, -0.2) is 23.8 Å². The van der Waals surface area contributed by atoms with Crippen molar-refractivity contribution < 1.29 is 14.3 Å². The topological polar surface area (TPSA) is 35.5 Å². The monoisotopic (exact) mass is 306 g/mol. The van der Waals surface area contributed by atoms with E-state index in [-0.39, 0.29) is 23.1 Å². The lowest BCUT2D eigenvalue weighted by molar-refractivity contribution is -0.184. The van der Waals surface area contributed by atoms with Gasteiger partial charge in [0.1, 0.15) is 6.61 Å². The van der Waals surface area contributed by atoms with Gasteiger partial charge < -0.3 is 9.47 Å². The molecule has 2 aliphatic heterocycles. The largest absolute Gasteiger partial charge is 0.461 e. The average Bonchev–Trinajstić information content (AvgIpc) is 2.44. The van der Waals surface area contributed by atoms with Gasteiger partial charge in [-0.1, -0.05) is 32.1 Å². The molecule has 0 aromatic carbocycles. The predicted octanol–water partition coefficient (Wildman–Crippen LogP) is 4.43. The summed E-state index contributed by atoms with van der Waals surface area (Å²) in [6, 6.07) is 0. The van der Waals surface area contributed by atoms with Crippen molar-refractivity contribution in [2.45, 2.75) is 71.5 Å². The van der Waals surface area contributed by atoms with Crippen LogP contribution in [-0.2, 0) is 14.3 Å². The summed E-state index contributed by atoms with van der Waals surface area (Å²) in [5, 5.41) is 0. The Morgan fingerprint density at radius 3 is 2.73 bits per heavy atom. The van der Waals surface area contributed by atoms with Crippen molar-refractivity contribution in [1.29, 1.82) is 0 Å². The van der Waals surface area contributed by atoms with Gasteiger partial charge in [-0.3, -0.25) is 4.79 Å². The molecule has 3 rings (SSSR count). The molecule has 2 bridgehead atoms. The molecule has 1 fully saturated rings. The van der Waals surface area contributed by atoms with Gasteiger partial charge in [-0.15, -0.1) is 0 Å². The number of fused-ring (bicyclic) bond motifs is 2. The summed E-state index contributed by atoms with van der Waals surface area (Å²) in [7, 11) is 0. The van der Waals surface area contributed by atoms with Crippen molar-refractivity contribution >= 4 is 5.97 Å². The molecule has 3 unspecified atom stereocenters. The van der Waals surface area contributed by atoms with Crippen molar-refractivity contribution in [2.75, 3.05) is 6.61 Å². The summed E-state index contributed by atoms with van der Waals surface area (Å²) in [5.41, 5.74) is 0.975. The van der Waals surface area contributed by atoms with Crippen LogP contribution in [0.4, 0.5) is 0 Å². The van der Waals surface area contributed by atoms with E-state index in [1.807, 2.05) is 20.8 Å². The molecular formula is C19H30O3. The van der Waals surface area contributed by atoms with Gasteiger partial charge in [0.2, 0.25) is 0 Å². The number of allylic oxidation sites excluding steroid dienone is 1. The van der Waals surface area contributed by atoms with E-state index in [2.05, 4.69) is 32.1 Å². The van der Waals surface area contributed by atoms with E-state index in [1.54, 1.807) is 0 Å². The van der Waals surface area contributed by atoms with E-state index in [0.717, 1.165) is 24.8 Å². The first-order valence-corrected chi connectivity index (χ1v) is 8.46.